The largest absolute Gasteiger partial charge is 0.494 e. The number of hydrogen-bond donors (Lipinski definition) is 0. The Morgan fingerprint density at radius 1 is 1.10 bits per heavy atom. The van der Waals surface area contributed by atoms with Crippen molar-refractivity contribution in [3.63, 3.8) is 0 Å². The average Bonchev–Trinajstić information content (AvgIpc) is 3.75. The molecule has 3 fully saturated rings. The fourth-order valence-corrected chi connectivity index (χ4v) is 9.62. The molecular weight excluding hydrogens is 535 g/mol. The zero-order valence-electron chi connectivity index (χ0n) is 24.9. The highest BCUT2D eigenvalue weighted by Gasteiger charge is 2.79. The lowest BCUT2D eigenvalue weighted by Crippen LogP contribution is -2.78. The third-order valence-corrected chi connectivity index (χ3v) is 11.6. The van der Waals surface area contributed by atoms with Crippen LogP contribution in [0, 0.1) is 17.2 Å². The second-order valence-electron chi connectivity index (χ2n) is 13.3. The van der Waals surface area contributed by atoms with Crippen LogP contribution in [0.25, 0.3) is 0 Å². The van der Waals surface area contributed by atoms with E-state index in [9.17, 15) is 4.79 Å². The van der Waals surface area contributed by atoms with Gasteiger partial charge in [0.25, 0.3) is 5.91 Å². The summed E-state index contributed by atoms with van der Waals surface area (Å²) in [6.07, 6.45) is 8.11. The van der Waals surface area contributed by atoms with E-state index in [4.69, 9.17) is 18.9 Å². The smallest absolute Gasteiger partial charge is 0.252 e. The molecule has 9 rings (SSSR count). The molecule has 0 radical (unpaired) electrons. The molecule has 2 aromatic carbocycles. The van der Waals surface area contributed by atoms with Crippen LogP contribution in [0.5, 0.6) is 17.2 Å². The monoisotopic (exact) mass is 574 g/mol. The van der Waals surface area contributed by atoms with Crippen molar-refractivity contribution >= 4 is 5.91 Å². The van der Waals surface area contributed by atoms with Gasteiger partial charge in [-0.2, -0.15) is 0 Å². The number of piperidine rings is 1. The predicted octanol–water partition coefficient (Wildman–Crippen LogP) is 4.65. The van der Waals surface area contributed by atoms with E-state index < -0.39 is 11.4 Å². The Morgan fingerprint density at radius 2 is 1.90 bits per heavy atom. The first-order chi connectivity index (χ1) is 20.3. The van der Waals surface area contributed by atoms with E-state index in [1.807, 2.05) is 6.07 Å². The van der Waals surface area contributed by atoms with Gasteiger partial charge in [0, 0.05) is 55.4 Å². The maximum Gasteiger partial charge on any atom is 0.252 e. The van der Waals surface area contributed by atoms with E-state index in [0.717, 1.165) is 49.8 Å². The van der Waals surface area contributed by atoms with Gasteiger partial charge in [0.05, 0.1) is 19.6 Å². The third kappa shape index (κ3) is 3.15. The van der Waals surface area contributed by atoms with Gasteiger partial charge in [-0.3, -0.25) is 9.69 Å². The quantitative estimate of drug-likeness (QED) is 0.458. The summed E-state index contributed by atoms with van der Waals surface area (Å²) in [4.78, 5) is 18.8. The summed E-state index contributed by atoms with van der Waals surface area (Å²) < 4.78 is 39.7. The first-order valence-electron chi connectivity index (χ1n) is 15.3. The van der Waals surface area contributed by atoms with Crippen LogP contribution >= 0.6 is 0 Å². The summed E-state index contributed by atoms with van der Waals surface area (Å²) in [5, 5.41) is 0. The molecule has 2 heterocycles. The maximum absolute atomic E-state index is 15.1. The van der Waals surface area contributed by atoms with Crippen LogP contribution in [-0.4, -0.2) is 74.9 Å². The fourth-order valence-electron chi connectivity index (χ4n) is 9.62. The van der Waals surface area contributed by atoms with E-state index in [-0.39, 0.29) is 41.2 Å². The highest BCUT2D eigenvalue weighted by Crippen LogP contribution is 2.75. The number of nitrogens with zero attached hydrogens (tertiary/aromatic N) is 2. The number of carbonyl (C=O) groups is 1. The zero-order valence-corrected chi connectivity index (χ0v) is 24.9. The van der Waals surface area contributed by atoms with Crippen LogP contribution in [0.3, 0.4) is 0 Å². The molecule has 0 N–H and O–H groups in total. The Hall–Kier alpha value is -3.10. The highest BCUT2D eigenvalue weighted by atomic mass is 19.1. The molecule has 5 aliphatic carbocycles. The van der Waals surface area contributed by atoms with Crippen molar-refractivity contribution in [3.8, 4) is 17.2 Å². The van der Waals surface area contributed by atoms with Gasteiger partial charge in [0.15, 0.2) is 23.1 Å². The van der Waals surface area contributed by atoms with Gasteiger partial charge >= 0.3 is 0 Å². The van der Waals surface area contributed by atoms with Crippen LogP contribution in [0.1, 0.15) is 48.8 Å². The summed E-state index contributed by atoms with van der Waals surface area (Å²) in [5.74, 6) is 1.94. The number of rotatable bonds is 8. The number of ether oxygens (including phenoxy) is 4. The molecule has 42 heavy (non-hydrogen) atoms. The van der Waals surface area contributed by atoms with Crippen molar-refractivity contribution in [1.82, 2.24) is 9.80 Å². The fraction of sp³-hybridized carbons (Fsp3) is 0.559. The summed E-state index contributed by atoms with van der Waals surface area (Å²) in [6.45, 7) is 2.26. The van der Waals surface area contributed by atoms with Crippen molar-refractivity contribution in [2.75, 3.05) is 41.5 Å². The summed E-state index contributed by atoms with van der Waals surface area (Å²) >= 11 is 0. The molecule has 2 aromatic rings. The van der Waals surface area contributed by atoms with Crippen LogP contribution in [-0.2, 0) is 27.9 Å². The molecule has 222 valence electrons. The van der Waals surface area contributed by atoms with E-state index in [1.165, 1.54) is 31.1 Å². The molecule has 2 saturated carbocycles. The second kappa shape index (κ2) is 8.96. The number of benzene rings is 2. The molecule has 1 amide bonds. The number of amides is 1. The molecule has 2 aliphatic heterocycles. The molecular formula is C34H39FN2O5. The number of likely N-dealkylation sites (N-methyl/N-ethyl adjacent to an activating group) is 1. The number of hydrogen-bond acceptors (Lipinski definition) is 6. The SMILES string of the molecule is COc1cccc(CN(C)C(=O)C2=C[C@@]34CC[C@]2(OC)[C@@H]2Oc5c(OC)ccc6c5[C@@]23CCN(CC2CC2)[C@@H]4C6)c1F. The molecule has 5 atom stereocenters. The first kappa shape index (κ1) is 26.5. The van der Waals surface area contributed by atoms with Gasteiger partial charge in [-0.1, -0.05) is 24.3 Å². The molecule has 0 unspecified atom stereocenters. The van der Waals surface area contributed by atoms with Gasteiger partial charge in [0.1, 0.15) is 11.7 Å². The third-order valence-electron chi connectivity index (χ3n) is 11.6. The summed E-state index contributed by atoms with van der Waals surface area (Å²) in [7, 11) is 6.60. The van der Waals surface area contributed by atoms with Crippen molar-refractivity contribution < 1.29 is 28.1 Å². The molecule has 0 aromatic heterocycles. The van der Waals surface area contributed by atoms with Crippen molar-refractivity contribution in [3.05, 3.63) is 64.5 Å². The van der Waals surface area contributed by atoms with Crippen LogP contribution < -0.4 is 14.2 Å². The van der Waals surface area contributed by atoms with Crippen LogP contribution in [0.2, 0.25) is 0 Å². The molecule has 8 heteroatoms. The number of methoxy groups -OCH3 is 3. The summed E-state index contributed by atoms with van der Waals surface area (Å²) in [6, 6.07) is 9.61. The molecule has 1 saturated heterocycles. The number of fused-ring (bicyclic) bond motifs is 1. The predicted molar refractivity (Wildman–Crippen MR) is 154 cm³/mol. The van der Waals surface area contributed by atoms with E-state index in [0.29, 0.717) is 17.6 Å². The number of carbonyl (C=O) groups excluding carboxylic acids is 1. The normalized spacial score (nSPS) is 33.5. The topological polar surface area (TPSA) is 60.5 Å². The Morgan fingerprint density at radius 3 is 2.64 bits per heavy atom. The van der Waals surface area contributed by atoms with Crippen LogP contribution in [0.4, 0.5) is 4.39 Å². The minimum absolute atomic E-state index is 0.123. The van der Waals surface area contributed by atoms with Gasteiger partial charge in [-0.05, 0) is 68.7 Å². The standard InChI is InChI=1S/C34H39FN2O5/c1-36(19-22-6-5-7-24(39-2)28(22)35)30(38)23-17-32-12-13-34(23,41-4)31-33(32)14-15-37(18-20-8-9-20)26(32)16-21-10-11-25(40-3)29(42-31)27(21)33/h5-7,10-11,17,20,26,31H,8-9,12-16,18-19H2,1-4H3/t26-,31-,32-,33+,34-/m1/s1. The molecule has 7 nitrogen and oxygen atoms in total. The molecule has 4 bridgehead atoms. The van der Waals surface area contributed by atoms with E-state index in [1.54, 1.807) is 44.4 Å². The first-order valence-corrected chi connectivity index (χ1v) is 15.3. The van der Waals surface area contributed by atoms with Gasteiger partial charge in [-0.25, -0.2) is 4.39 Å². The van der Waals surface area contributed by atoms with Crippen LogP contribution in [0.15, 0.2) is 42.0 Å². The van der Waals surface area contributed by atoms with Gasteiger partial charge in [0.2, 0.25) is 0 Å². The lowest BCUT2D eigenvalue weighted by molar-refractivity contribution is -0.198. The minimum Gasteiger partial charge on any atom is -0.494 e. The zero-order chi connectivity index (χ0) is 29.0. The molecule has 7 aliphatic rings. The van der Waals surface area contributed by atoms with Gasteiger partial charge in [-0.15, -0.1) is 0 Å². The Bertz CT molecular complexity index is 1520. The van der Waals surface area contributed by atoms with E-state index in [2.05, 4.69) is 17.0 Å². The maximum atomic E-state index is 15.1. The van der Waals surface area contributed by atoms with Gasteiger partial charge < -0.3 is 23.8 Å². The Kier molecular flexibility index (Phi) is 5.66. The number of likely N-dealkylation sites (tertiary alicyclic amines) is 1. The number of halogens is 1. The lowest BCUT2D eigenvalue weighted by atomic mass is 9.37. The average molecular weight is 575 g/mol. The second-order valence-corrected chi connectivity index (χ2v) is 13.3. The van der Waals surface area contributed by atoms with Crippen molar-refractivity contribution in [2.24, 2.45) is 11.3 Å². The van der Waals surface area contributed by atoms with E-state index >= 15 is 4.39 Å². The highest BCUT2D eigenvalue weighted by molar-refractivity contribution is 5.97. The molecule has 2 spiro atoms. The summed E-state index contributed by atoms with van der Waals surface area (Å²) in [5.41, 5.74) is 2.23. The van der Waals surface area contributed by atoms with Crippen molar-refractivity contribution in [2.45, 2.75) is 68.2 Å². The Labute approximate surface area is 246 Å². The minimum atomic E-state index is -0.915. The lowest BCUT2D eigenvalue weighted by Gasteiger charge is -2.70. The van der Waals surface area contributed by atoms with Crippen molar-refractivity contribution in [1.29, 1.82) is 0 Å². The Balaban J connectivity index is 1.27.